The summed E-state index contributed by atoms with van der Waals surface area (Å²) in [5.41, 5.74) is 5.25. The van der Waals surface area contributed by atoms with Crippen molar-refractivity contribution in [3.05, 3.63) is 28.3 Å². The van der Waals surface area contributed by atoms with Crippen LogP contribution in [0.2, 0.25) is 5.02 Å². The van der Waals surface area contributed by atoms with E-state index in [-0.39, 0.29) is 10.8 Å². The Balaban J connectivity index is 2.56. The van der Waals surface area contributed by atoms with Crippen LogP contribution in [0.15, 0.2) is 12.1 Å². The zero-order valence-electron chi connectivity index (χ0n) is 10.5. The Morgan fingerprint density at radius 2 is 1.84 bits per heavy atom. The minimum Gasteiger partial charge on any atom is -0.496 e. The third-order valence-electron chi connectivity index (χ3n) is 3.59. The summed E-state index contributed by atoms with van der Waals surface area (Å²) >= 11 is 6.03. The van der Waals surface area contributed by atoms with E-state index in [0.717, 1.165) is 25.0 Å². The smallest absolute Gasteiger partial charge is 0.416 e. The number of hydrogen-bond donors (Lipinski definition) is 1. The number of halogens is 4. The monoisotopic (exact) mass is 293 g/mol. The van der Waals surface area contributed by atoms with Gasteiger partial charge in [0.05, 0.1) is 12.7 Å². The number of benzene rings is 1. The summed E-state index contributed by atoms with van der Waals surface area (Å²) in [5.74, 6) is 0.115. The third-order valence-corrected chi connectivity index (χ3v) is 3.89. The lowest BCUT2D eigenvalue weighted by molar-refractivity contribution is -0.137. The molecule has 0 unspecified atom stereocenters. The van der Waals surface area contributed by atoms with Gasteiger partial charge >= 0.3 is 6.18 Å². The maximum atomic E-state index is 12.7. The van der Waals surface area contributed by atoms with Crippen LogP contribution in [0.3, 0.4) is 0 Å². The molecule has 2 rings (SSSR count). The summed E-state index contributed by atoms with van der Waals surface area (Å²) in [6.45, 7) is 0. The first kappa shape index (κ1) is 14.5. The van der Waals surface area contributed by atoms with Gasteiger partial charge in [-0.3, -0.25) is 0 Å². The Morgan fingerprint density at radius 3 is 2.32 bits per heavy atom. The summed E-state index contributed by atoms with van der Waals surface area (Å²) in [6.07, 6.45) is -1.16. The second kappa shape index (κ2) is 4.87. The molecule has 0 bridgehead atoms. The Bertz CT molecular complexity index is 482. The van der Waals surface area contributed by atoms with Gasteiger partial charge in [0.1, 0.15) is 5.75 Å². The molecule has 0 atom stereocenters. The molecule has 0 amide bonds. The van der Waals surface area contributed by atoms with Gasteiger partial charge in [-0.25, -0.2) is 0 Å². The molecule has 19 heavy (non-hydrogen) atoms. The van der Waals surface area contributed by atoms with E-state index in [9.17, 15) is 13.2 Å². The Labute approximate surface area is 114 Å². The second-order valence-electron chi connectivity index (χ2n) is 4.90. The SMILES string of the molecule is COc1cc(C(F)(F)F)cc(Cl)c1C1(N)CCCC1. The first-order chi connectivity index (χ1) is 8.78. The van der Waals surface area contributed by atoms with E-state index >= 15 is 0 Å². The normalized spacial score (nSPS) is 18.6. The number of hydrogen-bond acceptors (Lipinski definition) is 2. The summed E-state index contributed by atoms with van der Waals surface area (Å²) in [6, 6.07) is 1.89. The minimum atomic E-state index is -4.45. The van der Waals surface area contributed by atoms with Crippen molar-refractivity contribution in [1.82, 2.24) is 0 Å². The highest BCUT2D eigenvalue weighted by atomic mass is 35.5. The van der Waals surface area contributed by atoms with Crippen LogP contribution in [0.1, 0.15) is 36.8 Å². The van der Waals surface area contributed by atoms with Crippen molar-refractivity contribution in [3.63, 3.8) is 0 Å². The van der Waals surface area contributed by atoms with E-state index < -0.39 is 17.3 Å². The topological polar surface area (TPSA) is 35.2 Å². The lowest BCUT2D eigenvalue weighted by atomic mass is 9.87. The standard InChI is InChI=1S/C13H15ClF3NO/c1-19-10-7-8(13(15,16)17)6-9(14)11(10)12(18)4-2-3-5-12/h6-7H,2-5,18H2,1H3. The van der Waals surface area contributed by atoms with Crippen LogP contribution >= 0.6 is 11.6 Å². The van der Waals surface area contributed by atoms with Gasteiger partial charge in [-0.15, -0.1) is 0 Å². The quantitative estimate of drug-likeness (QED) is 0.891. The summed E-state index contributed by atoms with van der Waals surface area (Å²) < 4.78 is 43.3. The van der Waals surface area contributed by atoms with Crippen LogP contribution in [-0.4, -0.2) is 7.11 Å². The van der Waals surface area contributed by atoms with Crippen molar-refractivity contribution in [1.29, 1.82) is 0 Å². The number of ether oxygens (including phenoxy) is 1. The maximum Gasteiger partial charge on any atom is 0.416 e. The van der Waals surface area contributed by atoms with Crippen LogP contribution in [0, 0.1) is 0 Å². The van der Waals surface area contributed by atoms with Gasteiger partial charge in [0.25, 0.3) is 0 Å². The molecular weight excluding hydrogens is 279 g/mol. The molecular formula is C13H15ClF3NO. The Morgan fingerprint density at radius 1 is 1.26 bits per heavy atom. The van der Waals surface area contributed by atoms with Gasteiger partial charge in [-0.2, -0.15) is 13.2 Å². The fourth-order valence-electron chi connectivity index (χ4n) is 2.65. The van der Waals surface area contributed by atoms with Crippen LogP contribution < -0.4 is 10.5 Å². The number of nitrogens with two attached hydrogens (primary N) is 1. The minimum absolute atomic E-state index is 0.0241. The largest absolute Gasteiger partial charge is 0.496 e. The first-order valence-electron chi connectivity index (χ1n) is 6.02. The van der Waals surface area contributed by atoms with Crippen molar-refractivity contribution in [2.24, 2.45) is 5.73 Å². The van der Waals surface area contributed by atoms with E-state index in [1.54, 1.807) is 0 Å². The molecule has 1 aromatic carbocycles. The molecule has 0 aliphatic heterocycles. The maximum absolute atomic E-state index is 12.7. The average Bonchev–Trinajstić information content (AvgIpc) is 2.74. The summed E-state index contributed by atoms with van der Waals surface area (Å²) in [4.78, 5) is 0. The molecule has 0 heterocycles. The molecule has 0 aromatic heterocycles. The van der Waals surface area contributed by atoms with Gasteiger partial charge in [0.2, 0.25) is 0 Å². The molecule has 1 aliphatic rings. The summed E-state index contributed by atoms with van der Waals surface area (Å²) in [5, 5.41) is 0.0241. The lowest BCUT2D eigenvalue weighted by Crippen LogP contribution is -2.34. The van der Waals surface area contributed by atoms with Crippen molar-refractivity contribution >= 4 is 11.6 Å². The van der Waals surface area contributed by atoms with Crippen LogP contribution in [0.25, 0.3) is 0 Å². The number of alkyl halides is 3. The summed E-state index contributed by atoms with van der Waals surface area (Å²) in [7, 11) is 1.33. The van der Waals surface area contributed by atoms with E-state index in [1.165, 1.54) is 7.11 Å². The van der Waals surface area contributed by atoms with Crippen molar-refractivity contribution in [3.8, 4) is 5.75 Å². The zero-order valence-corrected chi connectivity index (χ0v) is 11.2. The van der Waals surface area contributed by atoms with E-state index in [2.05, 4.69) is 0 Å². The van der Waals surface area contributed by atoms with Gasteiger partial charge in [-0.1, -0.05) is 24.4 Å². The van der Waals surface area contributed by atoms with Crippen molar-refractivity contribution in [2.75, 3.05) is 7.11 Å². The predicted molar refractivity (Wildman–Crippen MR) is 67.3 cm³/mol. The second-order valence-corrected chi connectivity index (χ2v) is 5.30. The first-order valence-corrected chi connectivity index (χ1v) is 6.40. The Kier molecular flexibility index (Phi) is 3.71. The van der Waals surface area contributed by atoms with E-state index in [0.29, 0.717) is 18.4 Å². The highest BCUT2D eigenvalue weighted by molar-refractivity contribution is 6.31. The fourth-order valence-corrected chi connectivity index (χ4v) is 3.04. The molecule has 6 heteroatoms. The molecule has 1 aliphatic carbocycles. The van der Waals surface area contributed by atoms with Gasteiger partial charge in [-0.05, 0) is 25.0 Å². The third kappa shape index (κ3) is 2.67. The van der Waals surface area contributed by atoms with E-state index in [4.69, 9.17) is 22.1 Å². The number of rotatable bonds is 2. The highest BCUT2D eigenvalue weighted by Gasteiger charge is 2.38. The molecule has 2 N–H and O–H groups in total. The van der Waals surface area contributed by atoms with Crippen LogP contribution in [0.5, 0.6) is 5.75 Å². The molecule has 1 fully saturated rings. The molecule has 0 spiro atoms. The molecule has 106 valence electrons. The van der Waals surface area contributed by atoms with Crippen LogP contribution in [0.4, 0.5) is 13.2 Å². The molecule has 1 saturated carbocycles. The van der Waals surface area contributed by atoms with Gasteiger partial charge in [0.15, 0.2) is 0 Å². The molecule has 2 nitrogen and oxygen atoms in total. The molecule has 1 aromatic rings. The predicted octanol–water partition coefficient (Wildman–Crippen LogP) is 4.10. The average molecular weight is 294 g/mol. The van der Waals surface area contributed by atoms with Gasteiger partial charge in [0, 0.05) is 16.1 Å². The Hall–Kier alpha value is -0.940. The van der Waals surface area contributed by atoms with Gasteiger partial charge < -0.3 is 10.5 Å². The van der Waals surface area contributed by atoms with Crippen LogP contribution in [-0.2, 0) is 11.7 Å². The number of methoxy groups -OCH3 is 1. The van der Waals surface area contributed by atoms with Crippen molar-refractivity contribution < 1.29 is 17.9 Å². The zero-order chi connectivity index (χ0) is 14.3. The van der Waals surface area contributed by atoms with E-state index in [1.807, 2.05) is 0 Å². The molecule has 0 radical (unpaired) electrons. The van der Waals surface area contributed by atoms with Crippen molar-refractivity contribution in [2.45, 2.75) is 37.4 Å². The highest BCUT2D eigenvalue weighted by Crippen LogP contribution is 2.46. The molecule has 0 saturated heterocycles. The lowest BCUT2D eigenvalue weighted by Gasteiger charge is -2.28. The fraction of sp³-hybridized carbons (Fsp3) is 0.538.